The molecule has 2 aromatic heterocycles. The van der Waals surface area contributed by atoms with Crippen molar-refractivity contribution in [1.82, 2.24) is 14.3 Å². The Hall–Kier alpha value is -2.31. The molecule has 0 radical (unpaired) electrons. The lowest BCUT2D eigenvalue weighted by Crippen LogP contribution is -2.48. The van der Waals surface area contributed by atoms with Gasteiger partial charge in [-0.3, -0.25) is 4.79 Å². The molecule has 2 atom stereocenters. The predicted octanol–water partition coefficient (Wildman–Crippen LogP) is 3.88. The van der Waals surface area contributed by atoms with E-state index in [-0.39, 0.29) is 18.1 Å². The van der Waals surface area contributed by atoms with Crippen LogP contribution in [0.3, 0.4) is 0 Å². The maximum Gasteiger partial charge on any atom is 0.255 e. The summed E-state index contributed by atoms with van der Waals surface area (Å²) >= 11 is 1.65. The normalized spacial score (nSPS) is 20.1. The number of rotatable bonds is 4. The second-order valence-corrected chi connectivity index (χ2v) is 7.97. The van der Waals surface area contributed by atoms with Gasteiger partial charge in [-0.15, -0.1) is 11.8 Å². The fraction of sp³-hybridized carbons (Fsp3) is 0.333. The summed E-state index contributed by atoms with van der Waals surface area (Å²) in [7, 11) is 0. The molecule has 3 aromatic rings. The molecule has 4 rings (SSSR count). The lowest BCUT2D eigenvalue weighted by Gasteiger charge is -2.35. The summed E-state index contributed by atoms with van der Waals surface area (Å²) in [5, 5.41) is 0. The zero-order chi connectivity index (χ0) is 18.8. The summed E-state index contributed by atoms with van der Waals surface area (Å²) in [4.78, 5) is 20.6. The van der Waals surface area contributed by atoms with E-state index in [1.165, 1.54) is 0 Å². The van der Waals surface area contributed by atoms with E-state index in [4.69, 9.17) is 4.74 Å². The van der Waals surface area contributed by atoms with Crippen LogP contribution in [0.15, 0.2) is 59.8 Å². The fourth-order valence-electron chi connectivity index (χ4n) is 3.49. The summed E-state index contributed by atoms with van der Waals surface area (Å²) < 4.78 is 7.77. The van der Waals surface area contributed by atoms with E-state index in [0.29, 0.717) is 13.1 Å². The quantitative estimate of drug-likeness (QED) is 0.644. The molecule has 1 aliphatic heterocycles. The highest BCUT2D eigenvalue weighted by atomic mass is 32.2. The number of amides is 1. The number of imidazole rings is 1. The van der Waals surface area contributed by atoms with E-state index in [0.717, 1.165) is 27.6 Å². The molecule has 5 nitrogen and oxygen atoms in total. The van der Waals surface area contributed by atoms with E-state index in [1.54, 1.807) is 11.8 Å². The Kier molecular flexibility index (Phi) is 5.18. The zero-order valence-electron chi connectivity index (χ0n) is 15.5. The van der Waals surface area contributed by atoms with Crippen LogP contribution in [0.5, 0.6) is 0 Å². The number of hydrogen-bond donors (Lipinski definition) is 0. The Balaban J connectivity index is 1.51. The van der Waals surface area contributed by atoms with Crippen LogP contribution in [0.1, 0.15) is 29.9 Å². The van der Waals surface area contributed by atoms with Gasteiger partial charge in [-0.25, -0.2) is 4.98 Å². The molecular formula is C21H23N3O2S. The largest absolute Gasteiger partial charge is 0.372 e. The van der Waals surface area contributed by atoms with Crippen LogP contribution < -0.4 is 0 Å². The number of fused-ring (bicyclic) bond motifs is 1. The van der Waals surface area contributed by atoms with E-state index in [1.807, 2.05) is 78.0 Å². The first-order valence-electron chi connectivity index (χ1n) is 9.19. The Labute approximate surface area is 163 Å². The highest BCUT2D eigenvalue weighted by molar-refractivity contribution is 7.98. The first kappa shape index (κ1) is 18.1. The van der Waals surface area contributed by atoms with E-state index in [9.17, 15) is 4.79 Å². The molecule has 27 heavy (non-hydrogen) atoms. The second kappa shape index (κ2) is 7.74. The van der Waals surface area contributed by atoms with Gasteiger partial charge in [-0.2, -0.15) is 0 Å². The maximum absolute atomic E-state index is 13.1. The van der Waals surface area contributed by atoms with Crippen molar-refractivity contribution < 1.29 is 9.53 Å². The summed E-state index contributed by atoms with van der Waals surface area (Å²) in [6.07, 6.45) is 4.17. The number of hydrogen-bond acceptors (Lipinski definition) is 4. The van der Waals surface area contributed by atoms with E-state index < -0.39 is 0 Å². The Morgan fingerprint density at radius 1 is 1.15 bits per heavy atom. The molecule has 1 amide bonds. The van der Waals surface area contributed by atoms with E-state index in [2.05, 4.69) is 4.98 Å². The number of nitrogens with zero attached hydrogens (tertiary/aromatic N) is 3. The molecule has 1 fully saturated rings. The molecule has 6 heteroatoms. The molecule has 0 aliphatic carbocycles. The standard InChI is InChI=1S/C21H23N3O2S/c1-15-11-24(12-16(2)26-15)21(25)18-7-3-4-8-19(18)27-14-17-13-23-10-6-5-9-20(23)22-17/h3-10,13,15-16H,11-12,14H2,1-2H3. The molecule has 2 unspecified atom stereocenters. The Bertz CT molecular complexity index is 912. The van der Waals surface area contributed by atoms with Crippen molar-refractivity contribution in [1.29, 1.82) is 0 Å². The third-order valence-electron chi connectivity index (χ3n) is 4.61. The van der Waals surface area contributed by atoms with Gasteiger partial charge >= 0.3 is 0 Å². The highest BCUT2D eigenvalue weighted by Gasteiger charge is 2.27. The molecule has 0 spiro atoms. The molecule has 1 aliphatic rings. The topological polar surface area (TPSA) is 46.8 Å². The minimum atomic E-state index is 0.0653. The summed E-state index contributed by atoms with van der Waals surface area (Å²) in [5.41, 5.74) is 2.70. The average Bonchev–Trinajstić information content (AvgIpc) is 3.08. The minimum absolute atomic E-state index is 0.0653. The molecule has 140 valence electrons. The van der Waals surface area contributed by atoms with Crippen LogP contribution in [-0.4, -0.2) is 45.5 Å². The summed E-state index contributed by atoms with van der Waals surface area (Å²) in [5.74, 6) is 0.803. The SMILES string of the molecule is CC1CN(C(=O)c2ccccc2SCc2cn3ccccc3n2)CC(C)O1. The van der Waals surface area contributed by atoms with Crippen LogP contribution in [-0.2, 0) is 10.5 Å². The van der Waals surface area contributed by atoms with Gasteiger partial charge < -0.3 is 14.0 Å². The summed E-state index contributed by atoms with van der Waals surface area (Å²) in [6.45, 7) is 5.29. The highest BCUT2D eigenvalue weighted by Crippen LogP contribution is 2.28. The number of pyridine rings is 1. The van der Waals surface area contributed by atoms with Gasteiger partial charge in [-0.1, -0.05) is 18.2 Å². The van der Waals surface area contributed by atoms with Crippen LogP contribution in [0.2, 0.25) is 0 Å². The van der Waals surface area contributed by atoms with Gasteiger partial charge in [0.1, 0.15) is 5.65 Å². The molecule has 1 aromatic carbocycles. The molecule has 0 saturated carbocycles. The summed E-state index contributed by atoms with van der Waals surface area (Å²) in [6, 6.07) is 13.8. The molecular weight excluding hydrogens is 358 g/mol. The first-order chi connectivity index (χ1) is 13.1. The number of morpholine rings is 1. The number of benzene rings is 1. The van der Waals surface area contributed by atoms with Crippen molar-refractivity contribution >= 4 is 23.3 Å². The Morgan fingerprint density at radius 3 is 2.67 bits per heavy atom. The van der Waals surface area contributed by atoms with Crippen LogP contribution in [0.25, 0.3) is 5.65 Å². The maximum atomic E-state index is 13.1. The third kappa shape index (κ3) is 4.01. The van der Waals surface area contributed by atoms with Crippen molar-refractivity contribution in [3.63, 3.8) is 0 Å². The van der Waals surface area contributed by atoms with Crippen LogP contribution in [0, 0.1) is 0 Å². The zero-order valence-corrected chi connectivity index (χ0v) is 16.4. The molecule has 0 N–H and O–H groups in total. The number of aromatic nitrogens is 2. The van der Waals surface area contributed by atoms with Crippen LogP contribution >= 0.6 is 11.8 Å². The van der Waals surface area contributed by atoms with Gasteiger partial charge in [0, 0.05) is 36.1 Å². The average molecular weight is 382 g/mol. The number of carbonyl (C=O) groups excluding carboxylic acids is 1. The predicted molar refractivity (Wildman–Crippen MR) is 107 cm³/mol. The van der Waals surface area contributed by atoms with E-state index >= 15 is 0 Å². The molecule has 3 heterocycles. The molecule has 0 bridgehead atoms. The van der Waals surface area contributed by atoms with Gasteiger partial charge in [-0.05, 0) is 38.1 Å². The fourth-order valence-corrected chi connectivity index (χ4v) is 4.42. The minimum Gasteiger partial charge on any atom is -0.372 e. The van der Waals surface area contributed by atoms with Gasteiger partial charge in [0.15, 0.2) is 0 Å². The van der Waals surface area contributed by atoms with Crippen molar-refractivity contribution in [3.05, 3.63) is 66.1 Å². The second-order valence-electron chi connectivity index (χ2n) is 6.95. The smallest absolute Gasteiger partial charge is 0.255 e. The monoisotopic (exact) mass is 381 g/mol. The lowest BCUT2D eigenvalue weighted by molar-refractivity contribution is -0.0586. The third-order valence-corrected chi connectivity index (χ3v) is 5.72. The van der Waals surface area contributed by atoms with Gasteiger partial charge in [0.25, 0.3) is 5.91 Å². The number of carbonyl (C=O) groups is 1. The Morgan fingerprint density at radius 2 is 1.89 bits per heavy atom. The van der Waals surface area contributed by atoms with Crippen molar-refractivity contribution in [2.75, 3.05) is 13.1 Å². The lowest BCUT2D eigenvalue weighted by atomic mass is 10.1. The molecule has 1 saturated heterocycles. The number of ether oxygens (including phenoxy) is 1. The van der Waals surface area contributed by atoms with Crippen LogP contribution in [0.4, 0.5) is 0 Å². The van der Waals surface area contributed by atoms with Gasteiger partial charge in [0.05, 0.1) is 23.5 Å². The van der Waals surface area contributed by atoms with Crippen molar-refractivity contribution in [3.8, 4) is 0 Å². The number of thioether (sulfide) groups is 1. The first-order valence-corrected chi connectivity index (χ1v) is 10.2. The van der Waals surface area contributed by atoms with Crippen molar-refractivity contribution in [2.45, 2.75) is 36.7 Å². The van der Waals surface area contributed by atoms with Crippen molar-refractivity contribution in [2.24, 2.45) is 0 Å². The van der Waals surface area contributed by atoms with Gasteiger partial charge in [0.2, 0.25) is 0 Å².